The highest BCUT2D eigenvalue weighted by molar-refractivity contribution is 9.10. The number of hydrogen-bond acceptors (Lipinski definition) is 2. The van der Waals surface area contributed by atoms with Gasteiger partial charge < -0.3 is 10.6 Å². The summed E-state index contributed by atoms with van der Waals surface area (Å²) in [5, 5.41) is 0. The molecule has 2 rings (SSSR count). The zero-order valence-corrected chi connectivity index (χ0v) is 13.8. The van der Waals surface area contributed by atoms with Crippen LogP contribution in [0.4, 0.5) is 11.4 Å². The van der Waals surface area contributed by atoms with E-state index in [1.54, 1.807) is 0 Å². The van der Waals surface area contributed by atoms with Gasteiger partial charge >= 0.3 is 0 Å². The van der Waals surface area contributed by atoms with E-state index in [1.807, 2.05) is 6.92 Å². The van der Waals surface area contributed by atoms with Gasteiger partial charge in [-0.15, -0.1) is 0 Å². The fourth-order valence-corrected chi connectivity index (χ4v) is 2.70. The molecule has 2 N–H and O–H groups in total. The number of nitrogens with zero attached hydrogens (tertiary/aromatic N) is 1. The predicted molar refractivity (Wildman–Crippen MR) is 90.7 cm³/mol. The van der Waals surface area contributed by atoms with Crippen molar-refractivity contribution in [3.05, 3.63) is 58.1 Å². The Kier molecular flexibility index (Phi) is 4.84. The summed E-state index contributed by atoms with van der Waals surface area (Å²) in [6.45, 7) is 4.13. The number of nitrogens with two attached hydrogens (primary N) is 1. The number of rotatable bonds is 4. The molecule has 0 fully saturated rings. The Morgan fingerprint density at radius 3 is 2.25 bits per heavy atom. The van der Waals surface area contributed by atoms with Crippen molar-refractivity contribution in [2.24, 2.45) is 5.73 Å². The van der Waals surface area contributed by atoms with Crippen LogP contribution in [0.2, 0.25) is 0 Å². The first kappa shape index (κ1) is 15.1. The van der Waals surface area contributed by atoms with Gasteiger partial charge in [0.15, 0.2) is 0 Å². The molecule has 0 aliphatic carbocycles. The minimum atomic E-state index is 0.173. The Morgan fingerprint density at radius 2 is 1.70 bits per heavy atom. The highest BCUT2D eigenvalue weighted by atomic mass is 79.9. The first-order valence-electron chi connectivity index (χ1n) is 6.82. The van der Waals surface area contributed by atoms with Gasteiger partial charge in [0, 0.05) is 28.9 Å². The van der Waals surface area contributed by atoms with E-state index < -0.39 is 0 Å². The molecule has 0 radical (unpaired) electrons. The SMILES string of the molecule is Cc1ccc(N(C)c2ccc(CC(C)N)c(Br)c2)cc1. The summed E-state index contributed by atoms with van der Waals surface area (Å²) < 4.78 is 1.12. The van der Waals surface area contributed by atoms with Gasteiger partial charge in [-0.3, -0.25) is 0 Å². The summed E-state index contributed by atoms with van der Waals surface area (Å²) in [6, 6.07) is 15.1. The molecule has 0 aliphatic rings. The summed E-state index contributed by atoms with van der Waals surface area (Å²) >= 11 is 3.65. The van der Waals surface area contributed by atoms with Crippen molar-refractivity contribution in [2.45, 2.75) is 26.3 Å². The molecular weight excluding hydrogens is 312 g/mol. The van der Waals surface area contributed by atoms with Gasteiger partial charge in [-0.05, 0) is 50.1 Å². The third kappa shape index (κ3) is 3.62. The smallest absolute Gasteiger partial charge is 0.0419 e. The molecule has 3 heteroatoms. The zero-order chi connectivity index (χ0) is 14.7. The molecule has 2 aromatic rings. The third-order valence-corrected chi connectivity index (χ3v) is 4.13. The first-order chi connectivity index (χ1) is 9.47. The van der Waals surface area contributed by atoms with Crippen molar-refractivity contribution < 1.29 is 0 Å². The topological polar surface area (TPSA) is 29.3 Å². The quantitative estimate of drug-likeness (QED) is 0.898. The fraction of sp³-hybridized carbons (Fsp3) is 0.294. The van der Waals surface area contributed by atoms with Crippen LogP contribution in [-0.4, -0.2) is 13.1 Å². The molecule has 1 unspecified atom stereocenters. The van der Waals surface area contributed by atoms with Gasteiger partial charge in [-0.1, -0.05) is 39.7 Å². The molecule has 0 saturated heterocycles. The second-order valence-electron chi connectivity index (χ2n) is 5.35. The lowest BCUT2D eigenvalue weighted by atomic mass is 10.1. The van der Waals surface area contributed by atoms with Crippen LogP contribution in [0.15, 0.2) is 46.9 Å². The summed E-state index contributed by atoms with van der Waals surface area (Å²) in [6.07, 6.45) is 0.884. The van der Waals surface area contributed by atoms with Gasteiger partial charge in [0.05, 0.1) is 0 Å². The number of halogens is 1. The summed E-state index contributed by atoms with van der Waals surface area (Å²) in [5.74, 6) is 0. The van der Waals surface area contributed by atoms with Crippen LogP contribution >= 0.6 is 15.9 Å². The molecule has 0 bridgehead atoms. The van der Waals surface area contributed by atoms with Crippen LogP contribution in [0.5, 0.6) is 0 Å². The van der Waals surface area contributed by atoms with Crippen molar-refractivity contribution in [1.82, 2.24) is 0 Å². The van der Waals surface area contributed by atoms with Crippen molar-refractivity contribution in [3.8, 4) is 0 Å². The minimum Gasteiger partial charge on any atom is -0.345 e. The van der Waals surface area contributed by atoms with Crippen LogP contribution in [0.25, 0.3) is 0 Å². The van der Waals surface area contributed by atoms with Gasteiger partial charge in [-0.2, -0.15) is 0 Å². The fourth-order valence-electron chi connectivity index (χ4n) is 2.17. The molecule has 0 spiro atoms. The zero-order valence-electron chi connectivity index (χ0n) is 12.2. The standard InChI is InChI=1S/C17H21BrN2/c1-12-4-7-15(8-5-12)20(3)16-9-6-14(10-13(2)19)17(18)11-16/h4-9,11,13H,10,19H2,1-3H3. The van der Waals surface area contributed by atoms with Gasteiger partial charge in [0.2, 0.25) is 0 Å². The van der Waals surface area contributed by atoms with E-state index in [-0.39, 0.29) is 6.04 Å². The Labute approximate surface area is 129 Å². The maximum absolute atomic E-state index is 5.87. The lowest BCUT2D eigenvalue weighted by Crippen LogP contribution is -2.18. The Bertz CT molecular complexity index is 576. The van der Waals surface area contributed by atoms with Crippen molar-refractivity contribution in [3.63, 3.8) is 0 Å². The van der Waals surface area contributed by atoms with Crippen molar-refractivity contribution >= 4 is 27.3 Å². The first-order valence-corrected chi connectivity index (χ1v) is 7.61. The number of benzene rings is 2. The molecule has 0 amide bonds. The lowest BCUT2D eigenvalue weighted by molar-refractivity contribution is 0.736. The molecular formula is C17H21BrN2. The Morgan fingerprint density at radius 1 is 1.10 bits per heavy atom. The van der Waals surface area contributed by atoms with Crippen LogP contribution < -0.4 is 10.6 Å². The molecule has 0 saturated carbocycles. The molecule has 20 heavy (non-hydrogen) atoms. The number of hydrogen-bond donors (Lipinski definition) is 1. The summed E-state index contributed by atoms with van der Waals surface area (Å²) in [4.78, 5) is 2.18. The Balaban J connectivity index is 2.24. The van der Waals surface area contributed by atoms with E-state index in [2.05, 4.69) is 77.3 Å². The number of anilines is 2. The highest BCUT2D eigenvalue weighted by Gasteiger charge is 2.08. The van der Waals surface area contributed by atoms with Crippen LogP contribution in [-0.2, 0) is 6.42 Å². The molecule has 2 nitrogen and oxygen atoms in total. The maximum atomic E-state index is 5.87. The van der Waals surface area contributed by atoms with Crippen molar-refractivity contribution in [1.29, 1.82) is 0 Å². The number of aryl methyl sites for hydroxylation is 1. The average molecular weight is 333 g/mol. The largest absolute Gasteiger partial charge is 0.345 e. The lowest BCUT2D eigenvalue weighted by Gasteiger charge is -2.21. The van der Waals surface area contributed by atoms with Crippen LogP contribution in [0.1, 0.15) is 18.1 Å². The highest BCUT2D eigenvalue weighted by Crippen LogP contribution is 2.29. The molecule has 106 valence electrons. The van der Waals surface area contributed by atoms with E-state index in [4.69, 9.17) is 5.73 Å². The normalized spacial score (nSPS) is 12.2. The van der Waals surface area contributed by atoms with E-state index in [0.29, 0.717) is 0 Å². The second kappa shape index (κ2) is 6.42. The van der Waals surface area contributed by atoms with E-state index in [9.17, 15) is 0 Å². The van der Waals surface area contributed by atoms with Crippen LogP contribution in [0, 0.1) is 6.92 Å². The van der Waals surface area contributed by atoms with Gasteiger partial charge in [-0.25, -0.2) is 0 Å². The van der Waals surface area contributed by atoms with E-state index in [0.717, 1.165) is 16.6 Å². The Hall–Kier alpha value is -1.32. The van der Waals surface area contributed by atoms with Gasteiger partial charge in [0.1, 0.15) is 0 Å². The monoisotopic (exact) mass is 332 g/mol. The van der Waals surface area contributed by atoms with E-state index >= 15 is 0 Å². The molecule has 2 aromatic carbocycles. The van der Waals surface area contributed by atoms with Crippen LogP contribution in [0.3, 0.4) is 0 Å². The third-order valence-electron chi connectivity index (χ3n) is 3.39. The molecule has 0 heterocycles. The second-order valence-corrected chi connectivity index (χ2v) is 6.21. The maximum Gasteiger partial charge on any atom is 0.0419 e. The average Bonchev–Trinajstić information content (AvgIpc) is 2.41. The van der Waals surface area contributed by atoms with Crippen molar-refractivity contribution in [2.75, 3.05) is 11.9 Å². The van der Waals surface area contributed by atoms with Gasteiger partial charge in [0.25, 0.3) is 0 Å². The summed E-state index contributed by atoms with van der Waals surface area (Å²) in [5.41, 5.74) is 10.7. The minimum absolute atomic E-state index is 0.173. The predicted octanol–water partition coefficient (Wildman–Crippen LogP) is 4.42. The molecule has 0 aromatic heterocycles. The summed E-state index contributed by atoms with van der Waals surface area (Å²) in [7, 11) is 2.08. The molecule has 1 atom stereocenters. The van der Waals surface area contributed by atoms with E-state index in [1.165, 1.54) is 16.8 Å². The molecule has 0 aliphatic heterocycles.